The third kappa shape index (κ3) is 3.25. The van der Waals surface area contributed by atoms with Crippen molar-refractivity contribution >= 4 is 32.9 Å². The summed E-state index contributed by atoms with van der Waals surface area (Å²) in [6.07, 6.45) is 2.15. The molecule has 4 rings (SSSR count). The molecular weight excluding hydrogens is 380 g/mol. The summed E-state index contributed by atoms with van der Waals surface area (Å²) in [6.45, 7) is 4.58. The van der Waals surface area contributed by atoms with Crippen LogP contribution in [-0.4, -0.2) is 28.5 Å². The fraction of sp³-hybridized carbons (Fsp3) is 0.350. The molecule has 3 heterocycles. The van der Waals surface area contributed by atoms with Gasteiger partial charge in [0.1, 0.15) is 5.69 Å². The topological polar surface area (TPSA) is 38.4 Å². The molecular formula is C20H21BrN2O2. The number of piperidine rings is 1. The largest absolute Gasteiger partial charge is 0.448 e. The van der Waals surface area contributed by atoms with Gasteiger partial charge in [0.25, 0.3) is 5.91 Å². The first-order valence-electron chi connectivity index (χ1n) is 8.73. The molecule has 0 unspecified atom stereocenters. The van der Waals surface area contributed by atoms with Crippen LogP contribution in [0.3, 0.4) is 0 Å². The molecule has 0 atom stereocenters. The normalized spacial score (nSPS) is 15.8. The average Bonchev–Trinajstić information content (AvgIpc) is 3.13. The van der Waals surface area contributed by atoms with Crippen molar-refractivity contribution in [2.75, 3.05) is 13.1 Å². The van der Waals surface area contributed by atoms with Gasteiger partial charge in [-0.25, -0.2) is 0 Å². The summed E-state index contributed by atoms with van der Waals surface area (Å²) in [6, 6.07) is 14.0. The van der Waals surface area contributed by atoms with E-state index in [2.05, 4.69) is 39.6 Å². The summed E-state index contributed by atoms with van der Waals surface area (Å²) in [4.78, 5) is 15.1. The highest BCUT2D eigenvalue weighted by Crippen LogP contribution is 2.29. The maximum atomic E-state index is 13.1. The lowest BCUT2D eigenvalue weighted by atomic mass is 9.99. The number of nitrogens with zero attached hydrogens (tertiary/aromatic N) is 2. The van der Waals surface area contributed by atoms with Crippen LogP contribution in [0.25, 0.3) is 11.1 Å². The molecule has 1 fully saturated rings. The molecule has 0 aliphatic carbocycles. The Hall–Kier alpha value is -2.01. The van der Waals surface area contributed by atoms with Crippen LogP contribution in [0.1, 0.15) is 35.8 Å². The highest BCUT2D eigenvalue weighted by atomic mass is 79.9. The number of rotatable bonds is 3. The predicted octanol–water partition coefficient (Wildman–Crippen LogP) is 4.92. The molecule has 25 heavy (non-hydrogen) atoms. The van der Waals surface area contributed by atoms with E-state index in [0.717, 1.165) is 37.0 Å². The van der Waals surface area contributed by atoms with Crippen LogP contribution in [-0.2, 0) is 6.54 Å². The Morgan fingerprint density at radius 3 is 2.64 bits per heavy atom. The van der Waals surface area contributed by atoms with Gasteiger partial charge >= 0.3 is 0 Å². The molecule has 1 aromatic carbocycles. The third-order valence-corrected chi connectivity index (χ3v) is 5.42. The van der Waals surface area contributed by atoms with E-state index in [1.54, 1.807) is 0 Å². The van der Waals surface area contributed by atoms with Crippen molar-refractivity contribution < 1.29 is 9.21 Å². The van der Waals surface area contributed by atoms with Crippen molar-refractivity contribution in [2.45, 2.75) is 26.3 Å². The number of fused-ring (bicyclic) bond motifs is 1. The van der Waals surface area contributed by atoms with Crippen molar-refractivity contribution in [3.05, 3.63) is 58.4 Å². The molecule has 130 valence electrons. The highest BCUT2D eigenvalue weighted by Gasteiger charge is 2.26. The van der Waals surface area contributed by atoms with Crippen molar-refractivity contribution in [1.29, 1.82) is 0 Å². The summed E-state index contributed by atoms with van der Waals surface area (Å²) >= 11 is 3.39. The van der Waals surface area contributed by atoms with Gasteiger partial charge in [-0.05, 0) is 40.3 Å². The molecule has 0 bridgehead atoms. The van der Waals surface area contributed by atoms with Crippen LogP contribution < -0.4 is 0 Å². The Bertz CT molecular complexity index is 889. The Kier molecular flexibility index (Phi) is 4.42. The Balaban J connectivity index is 1.71. The lowest BCUT2D eigenvalue weighted by Crippen LogP contribution is -2.38. The van der Waals surface area contributed by atoms with Crippen LogP contribution in [0.5, 0.6) is 0 Å². The van der Waals surface area contributed by atoms with Gasteiger partial charge in [0.15, 0.2) is 10.3 Å². The first-order chi connectivity index (χ1) is 12.1. The van der Waals surface area contributed by atoms with Crippen molar-refractivity contribution in [3.8, 4) is 0 Å². The minimum atomic E-state index is 0.102. The van der Waals surface area contributed by atoms with Crippen LogP contribution in [0, 0.1) is 5.92 Å². The second kappa shape index (κ2) is 6.71. The molecule has 4 nitrogen and oxygen atoms in total. The van der Waals surface area contributed by atoms with Crippen molar-refractivity contribution in [1.82, 2.24) is 9.47 Å². The van der Waals surface area contributed by atoms with Crippen LogP contribution in [0.2, 0.25) is 0 Å². The van der Waals surface area contributed by atoms with E-state index in [4.69, 9.17) is 4.42 Å². The first kappa shape index (κ1) is 16.5. The van der Waals surface area contributed by atoms with Gasteiger partial charge < -0.3 is 13.9 Å². The van der Waals surface area contributed by atoms with Gasteiger partial charge in [0, 0.05) is 31.8 Å². The van der Waals surface area contributed by atoms with Gasteiger partial charge in [-0.2, -0.15) is 0 Å². The number of carbonyl (C=O) groups is 1. The minimum Gasteiger partial charge on any atom is -0.448 e. The third-order valence-electron chi connectivity index (χ3n) is 5.03. The summed E-state index contributed by atoms with van der Waals surface area (Å²) in [5, 5.41) is 0. The highest BCUT2D eigenvalue weighted by molar-refractivity contribution is 9.10. The van der Waals surface area contributed by atoms with Gasteiger partial charge in [-0.15, -0.1) is 0 Å². The SMILES string of the molecule is CC1CCN(C(=O)c2cc3oc(Br)cc3n2Cc2ccccc2)CC1. The van der Waals surface area contributed by atoms with Crippen LogP contribution in [0.15, 0.2) is 51.6 Å². The molecule has 3 aromatic rings. The Morgan fingerprint density at radius 1 is 1.20 bits per heavy atom. The van der Waals surface area contributed by atoms with Gasteiger partial charge in [-0.1, -0.05) is 37.3 Å². The number of halogens is 1. The zero-order valence-electron chi connectivity index (χ0n) is 14.2. The zero-order chi connectivity index (χ0) is 17.4. The van der Waals surface area contributed by atoms with Crippen molar-refractivity contribution in [3.63, 3.8) is 0 Å². The van der Waals surface area contributed by atoms with Gasteiger partial charge in [0.05, 0.1) is 5.52 Å². The maximum absolute atomic E-state index is 13.1. The second-order valence-electron chi connectivity index (χ2n) is 6.88. The predicted molar refractivity (Wildman–Crippen MR) is 102 cm³/mol. The van der Waals surface area contributed by atoms with E-state index in [1.165, 1.54) is 5.56 Å². The van der Waals surface area contributed by atoms with E-state index in [0.29, 0.717) is 22.8 Å². The lowest BCUT2D eigenvalue weighted by Gasteiger charge is -2.30. The van der Waals surface area contributed by atoms with Gasteiger partial charge in [0.2, 0.25) is 0 Å². The maximum Gasteiger partial charge on any atom is 0.270 e. The average molecular weight is 401 g/mol. The summed E-state index contributed by atoms with van der Waals surface area (Å²) in [5.41, 5.74) is 3.57. The number of likely N-dealkylation sites (tertiary alicyclic amines) is 1. The fourth-order valence-corrected chi connectivity index (χ4v) is 3.89. The molecule has 0 spiro atoms. The second-order valence-corrected chi connectivity index (χ2v) is 7.66. The molecule has 0 saturated carbocycles. The molecule has 1 saturated heterocycles. The van der Waals surface area contributed by atoms with E-state index in [9.17, 15) is 4.79 Å². The number of hydrogen-bond acceptors (Lipinski definition) is 2. The molecule has 5 heteroatoms. The molecule has 1 aliphatic rings. The van der Waals surface area contributed by atoms with E-state index in [-0.39, 0.29) is 5.91 Å². The minimum absolute atomic E-state index is 0.102. The van der Waals surface area contributed by atoms with Crippen molar-refractivity contribution in [2.24, 2.45) is 5.92 Å². The molecule has 1 amide bonds. The van der Waals surface area contributed by atoms with Gasteiger partial charge in [-0.3, -0.25) is 4.79 Å². The quantitative estimate of drug-likeness (QED) is 0.625. The van der Waals surface area contributed by atoms with Crippen LogP contribution in [0.4, 0.5) is 0 Å². The van der Waals surface area contributed by atoms with E-state index >= 15 is 0 Å². The van der Waals surface area contributed by atoms with Crippen LogP contribution >= 0.6 is 15.9 Å². The number of furan rings is 1. The monoisotopic (exact) mass is 400 g/mol. The standard InChI is InChI=1S/C20H21BrN2O2/c1-14-7-9-22(10-8-14)20(24)17-11-18-16(12-19(21)25-18)23(17)13-15-5-3-2-4-6-15/h2-6,11-12,14H,7-10,13H2,1H3. The Morgan fingerprint density at radius 2 is 1.92 bits per heavy atom. The molecule has 0 N–H and O–H groups in total. The number of benzene rings is 1. The van der Waals surface area contributed by atoms with E-state index < -0.39 is 0 Å². The Labute approximate surface area is 155 Å². The zero-order valence-corrected chi connectivity index (χ0v) is 15.8. The number of carbonyl (C=O) groups excluding carboxylic acids is 1. The molecule has 2 aromatic heterocycles. The molecule has 0 radical (unpaired) electrons. The smallest absolute Gasteiger partial charge is 0.270 e. The summed E-state index contributed by atoms with van der Waals surface area (Å²) in [7, 11) is 0. The van der Waals surface area contributed by atoms with E-state index in [1.807, 2.05) is 35.2 Å². The number of aromatic nitrogens is 1. The summed E-state index contributed by atoms with van der Waals surface area (Å²) < 4.78 is 8.46. The number of amides is 1. The summed E-state index contributed by atoms with van der Waals surface area (Å²) in [5.74, 6) is 0.803. The molecule has 1 aliphatic heterocycles. The number of hydrogen-bond donors (Lipinski definition) is 0. The first-order valence-corrected chi connectivity index (χ1v) is 9.53. The fourth-order valence-electron chi connectivity index (χ4n) is 3.50. The lowest BCUT2D eigenvalue weighted by molar-refractivity contribution is 0.0687.